The van der Waals surface area contributed by atoms with Crippen LogP contribution in [0.1, 0.15) is 89.2 Å². The zero-order chi connectivity index (χ0) is 60.0. The highest BCUT2D eigenvalue weighted by Gasteiger charge is 2.34. The van der Waals surface area contributed by atoms with E-state index >= 15 is 0 Å². The van der Waals surface area contributed by atoms with Gasteiger partial charge in [-0.1, -0.05) is 38.1 Å². The van der Waals surface area contributed by atoms with Crippen molar-refractivity contribution < 1.29 is 53.4 Å². The van der Waals surface area contributed by atoms with E-state index in [1.165, 1.54) is 36.4 Å². The number of amides is 10. The van der Waals surface area contributed by atoms with Gasteiger partial charge in [0.2, 0.25) is 47.3 Å². The van der Waals surface area contributed by atoms with Gasteiger partial charge in [0, 0.05) is 45.6 Å². The highest BCUT2D eigenvalue weighted by molar-refractivity contribution is 5.98. The third kappa shape index (κ3) is 26.5. The molecule has 0 fully saturated rings. The fraction of sp³-hybridized carbons (Fsp3) is 0.529. The Kier molecular flexibility index (Phi) is 28.5. The molecular formula is C51H81N19O11. The predicted octanol–water partition coefficient (Wildman–Crippen LogP) is -4.55. The summed E-state index contributed by atoms with van der Waals surface area (Å²) in [6, 6.07) is 1.33. The van der Waals surface area contributed by atoms with E-state index in [-0.39, 0.29) is 126 Å². The summed E-state index contributed by atoms with van der Waals surface area (Å²) >= 11 is 0. The molecule has 25 N–H and O–H groups in total. The highest BCUT2D eigenvalue weighted by atomic mass is 16.3. The van der Waals surface area contributed by atoms with E-state index in [1.807, 2.05) is 0 Å². The quantitative estimate of drug-likeness (QED) is 0.0318. The molecule has 0 saturated carbocycles. The topological polar surface area (TPSA) is 522 Å². The predicted molar refractivity (Wildman–Crippen MR) is 301 cm³/mol. The smallest absolute Gasteiger partial charge is 0.321 e. The van der Waals surface area contributed by atoms with Crippen molar-refractivity contribution in [3.05, 3.63) is 59.7 Å². The van der Waals surface area contributed by atoms with Crippen molar-refractivity contribution in [2.24, 2.45) is 61.0 Å². The molecule has 0 aromatic heterocycles. The molecule has 7 atom stereocenters. The molecule has 1 heterocycles. The fourth-order valence-electron chi connectivity index (χ4n) is 8.08. The minimum absolute atomic E-state index is 0.00526. The Balaban J connectivity index is 2.06. The lowest BCUT2D eigenvalue weighted by atomic mass is 10.00. The first-order chi connectivity index (χ1) is 38.4. The van der Waals surface area contributed by atoms with E-state index in [0.29, 0.717) is 24.0 Å². The van der Waals surface area contributed by atoms with Crippen LogP contribution in [0.25, 0.3) is 0 Å². The molecule has 0 saturated heterocycles. The molecule has 0 unspecified atom stereocenters. The van der Waals surface area contributed by atoms with Crippen LogP contribution in [-0.2, 0) is 51.2 Å². The van der Waals surface area contributed by atoms with Gasteiger partial charge in [0.15, 0.2) is 17.9 Å². The molecule has 30 heteroatoms. The average Bonchev–Trinajstić information content (AvgIpc) is 3.39. The number of aromatic hydroxyl groups is 2. The first-order valence-electron chi connectivity index (χ1n) is 26.6. The number of primary amides is 1. The van der Waals surface area contributed by atoms with Crippen LogP contribution in [0.4, 0.5) is 4.79 Å². The molecule has 0 bridgehead atoms. The van der Waals surface area contributed by atoms with E-state index < -0.39 is 102 Å². The third-order valence-electron chi connectivity index (χ3n) is 12.3. The highest BCUT2D eigenvalue weighted by Crippen LogP contribution is 2.15. The first kappa shape index (κ1) is 66.3. The van der Waals surface area contributed by atoms with Crippen LogP contribution in [0.15, 0.2) is 63.5 Å². The number of hydrogen-bond acceptors (Lipinski definition) is 16. The van der Waals surface area contributed by atoms with Gasteiger partial charge in [0.05, 0.1) is 12.5 Å². The average molecular weight is 1140 g/mol. The minimum atomic E-state index is -1.49. The van der Waals surface area contributed by atoms with Crippen molar-refractivity contribution in [2.75, 3.05) is 32.7 Å². The molecule has 1 aliphatic rings. The molecule has 0 radical (unpaired) electrons. The van der Waals surface area contributed by atoms with Gasteiger partial charge in [0.25, 0.3) is 0 Å². The second-order valence-electron chi connectivity index (χ2n) is 19.7. The number of nitrogens with one attached hydrogen (secondary N) is 9. The van der Waals surface area contributed by atoms with Crippen LogP contribution < -0.4 is 88.0 Å². The van der Waals surface area contributed by atoms with Crippen LogP contribution in [-0.4, -0.2) is 156 Å². The molecule has 30 nitrogen and oxygen atoms in total. The van der Waals surface area contributed by atoms with Crippen molar-refractivity contribution in [3.63, 3.8) is 0 Å². The first-order valence-corrected chi connectivity index (χ1v) is 26.6. The van der Waals surface area contributed by atoms with E-state index in [9.17, 15) is 53.4 Å². The van der Waals surface area contributed by atoms with Crippen molar-refractivity contribution in [1.29, 1.82) is 0 Å². The van der Waals surface area contributed by atoms with Gasteiger partial charge in [-0.3, -0.25) is 58.7 Å². The van der Waals surface area contributed by atoms with E-state index in [4.69, 9.17) is 40.1 Å². The van der Waals surface area contributed by atoms with Crippen LogP contribution >= 0.6 is 0 Å². The van der Waals surface area contributed by atoms with Crippen LogP contribution in [0.3, 0.4) is 0 Å². The van der Waals surface area contributed by atoms with Gasteiger partial charge in [-0.05, 0) is 99.1 Å². The number of phenols is 2. The van der Waals surface area contributed by atoms with Gasteiger partial charge in [-0.2, -0.15) is 0 Å². The Labute approximate surface area is 469 Å². The normalized spacial score (nSPS) is 19.5. The Bertz CT molecular complexity index is 2520. The second kappa shape index (κ2) is 34.8. The molecule has 10 amide bonds. The summed E-state index contributed by atoms with van der Waals surface area (Å²) in [7, 11) is 0. The minimum Gasteiger partial charge on any atom is -0.508 e. The maximum atomic E-state index is 14.7. The van der Waals surface area contributed by atoms with Gasteiger partial charge in [0.1, 0.15) is 47.8 Å². The Hall–Kier alpha value is -8.96. The van der Waals surface area contributed by atoms with Crippen molar-refractivity contribution in [2.45, 2.75) is 133 Å². The number of urea groups is 1. The number of phenolic OH excluding ortho intramolecular Hbond substituents is 2. The Morgan fingerprint density at radius 1 is 0.691 bits per heavy atom. The summed E-state index contributed by atoms with van der Waals surface area (Å²) in [5, 5.41) is 43.4. The summed E-state index contributed by atoms with van der Waals surface area (Å²) in [6.07, 6.45) is 0.105. The number of rotatable bonds is 21. The number of nitrogens with two attached hydrogens (primary N) is 7. The summed E-state index contributed by atoms with van der Waals surface area (Å²) < 4.78 is 0. The molecule has 0 aliphatic carbocycles. The van der Waals surface area contributed by atoms with Crippen LogP contribution in [0, 0.1) is 5.92 Å². The van der Waals surface area contributed by atoms with Crippen LogP contribution in [0.2, 0.25) is 0 Å². The number of nitrogens with zero attached hydrogens (tertiary/aromatic N) is 3. The monoisotopic (exact) mass is 1140 g/mol. The maximum Gasteiger partial charge on any atom is 0.321 e. The lowest BCUT2D eigenvalue weighted by Crippen LogP contribution is -2.60. The van der Waals surface area contributed by atoms with Gasteiger partial charge in [-0.25, -0.2) is 4.79 Å². The number of guanidine groups is 3. The van der Waals surface area contributed by atoms with Gasteiger partial charge >= 0.3 is 6.03 Å². The molecule has 0 spiro atoms. The Morgan fingerprint density at radius 2 is 1.26 bits per heavy atom. The zero-order valence-electron chi connectivity index (χ0n) is 45.7. The van der Waals surface area contributed by atoms with Gasteiger partial charge < -0.3 is 92.9 Å². The van der Waals surface area contributed by atoms with Crippen molar-refractivity contribution >= 4 is 71.2 Å². The standard InChI is InChI=1S/C51H81N19O11/c1-28(2)24-38(46(79)65-35(9-6-22-61-49(56)57)44(77)67-37(41(53)74)25-29-11-15-31(71)16-12-29)68-45(78)36-10-7-23-62-50(58)70-51(81)63-20-4-3-19-59-42(75)33(52)27-40(73)64-34(8-5-21-60-48(54)55)43(76)69-39(47(80)66-36)26-30-13-17-32(72)18-14-30/h11-18,28,33-39,71-72H,3-10,19-27,52H2,1-2H3,(H2,53,74)(H,59,75)(H,64,73)(H,65,79)(H,66,80)(H,67,77)(H,68,78)(H,69,76)(H4,54,55,60)(H4,56,57,61)(H4,58,62,63,70,81)/t33-,34-,35-,36-,37-,38-,39-/m0/s1. The molecule has 2 aromatic carbocycles. The van der Waals surface area contributed by atoms with Crippen molar-refractivity contribution in [1.82, 2.24) is 47.9 Å². The lowest BCUT2D eigenvalue weighted by molar-refractivity contribution is -0.135. The van der Waals surface area contributed by atoms with Crippen molar-refractivity contribution in [3.8, 4) is 11.5 Å². The maximum absolute atomic E-state index is 14.7. The zero-order valence-corrected chi connectivity index (χ0v) is 45.7. The summed E-state index contributed by atoms with van der Waals surface area (Å²) in [6.45, 7) is 3.91. The molecule has 2 aromatic rings. The molecule has 3 rings (SSSR count). The third-order valence-corrected chi connectivity index (χ3v) is 12.3. The number of hydrogen-bond donors (Lipinski definition) is 18. The van der Waals surface area contributed by atoms with Gasteiger partial charge in [-0.15, -0.1) is 0 Å². The SMILES string of the molecule is CC(C)C[C@H](NC(=O)[C@@H]1CCCN=C(N)NC(=O)NCCCCNC(=O)[C@@H](N)CC(=O)N[C@@H](CCCN=C(N)N)C(=O)N[C@@H](Cc2ccc(O)cc2)C(=O)N1)C(=O)N[C@@H](CCCN=C(N)N)C(=O)N[C@@H](Cc1ccc(O)cc1)C(N)=O. The van der Waals surface area contributed by atoms with E-state index in [1.54, 1.807) is 26.0 Å². The largest absolute Gasteiger partial charge is 0.508 e. The molecule has 1 aliphatic heterocycles. The summed E-state index contributed by atoms with van der Waals surface area (Å²) in [4.78, 5) is 135. The van der Waals surface area contributed by atoms with Crippen LogP contribution in [0.5, 0.6) is 11.5 Å². The molecule has 81 heavy (non-hydrogen) atoms. The number of carbonyl (C=O) groups excluding carboxylic acids is 9. The van der Waals surface area contributed by atoms with E-state index in [0.717, 1.165) is 0 Å². The Morgan fingerprint density at radius 3 is 1.86 bits per heavy atom. The number of aliphatic imine (C=N–C) groups is 3. The summed E-state index contributed by atoms with van der Waals surface area (Å²) in [5.41, 5.74) is 40.8. The lowest BCUT2D eigenvalue weighted by Gasteiger charge is -2.28. The summed E-state index contributed by atoms with van der Waals surface area (Å²) in [5.74, 6) is -7.69. The molecular weight excluding hydrogens is 1050 g/mol. The fourth-order valence-corrected chi connectivity index (χ4v) is 8.08. The second-order valence-corrected chi connectivity index (χ2v) is 19.7. The number of benzene rings is 2. The number of carbonyl (C=O) groups is 9. The molecule has 446 valence electrons. The van der Waals surface area contributed by atoms with E-state index in [2.05, 4.69) is 62.8 Å².